The summed E-state index contributed by atoms with van der Waals surface area (Å²) in [6, 6.07) is -1.09. The summed E-state index contributed by atoms with van der Waals surface area (Å²) in [6.45, 7) is 7.21. The van der Waals surface area contributed by atoms with Crippen LogP contribution >= 0.6 is 0 Å². The van der Waals surface area contributed by atoms with Crippen LogP contribution in [-0.4, -0.2) is 98.8 Å². The molecule has 0 spiro atoms. The molecule has 1 amide bonds. The van der Waals surface area contributed by atoms with E-state index in [1.165, 1.54) is 22.2 Å². The largest absolute Gasteiger partial charge is 0.498 e. The molecule has 0 aliphatic carbocycles. The van der Waals surface area contributed by atoms with Gasteiger partial charge in [-0.3, -0.25) is 4.79 Å². The molecule has 0 unspecified atom stereocenters. The van der Waals surface area contributed by atoms with Crippen LogP contribution in [0.3, 0.4) is 0 Å². The fourth-order valence-corrected chi connectivity index (χ4v) is 3.30. The molecule has 0 saturated carbocycles. The van der Waals surface area contributed by atoms with Crippen LogP contribution in [0.5, 0.6) is 0 Å². The highest BCUT2D eigenvalue weighted by Crippen LogP contribution is 2.36. The molecule has 12 heteroatoms. The number of hydrogen-bond donors (Lipinski definition) is 3. The number of aromatic nitrogens is 2. The first kappa shape index (κ1) is 22.4. The zero-order chi connectivity index (χ0) is 22.3. The van der Waals surface area contributed by atoms with Crippen molar-refractivity contribution < 1.29 is 34.2 Å². The van der Waals surface area contributed by atoms with Crippen molar-refractivity contribution in [3.8, 4) is 0 Å². The van der Waals surface area contributed by atoms with Crippen LogP contribution in [0.25, 0.3) is 0 Å². The number of rotatable bonds is 5. The molecule has 2 fully saturated rings. The van der Waals surface area contributed by atoms with Crippen molar-refractivity contribution in [3.63, 3.8) is 0 Å². The smallest absolute Gasteiger partial charge is 0.480 e. The summed E-state index contributed by atoms with van der Waals surface area (Å²) in [5.74, 6) is -1.65. The van der Waals surface area contributed by atoms with Crippen LogP contribution in [0.4, 0.5) is 5.95 Å². The molecule has 3 rings (SSSR count). The third-order valence-electron chi connectivity index (χ3n) is 5.88. The van der Waals surface area contributed by atoms with E-state index in [0.29, 0.717) is 5.46 Å². The van der Waals surface area contributed by atoms with E-state index in [9.17, 15) is 19.8 Å². The highest BCUT2D eigenvalue weighted by molar-refractivity contribution is 6.61. The van der Waals surface area contributed by atoms with Crippen LogP contribution in [0.15, 0.2) is 12.4 Å². The van der Waals surface area contributed by atoms with E-state index in [4.69, 9.17) is 14.4 Å². The summed E-state index contributed by atoms with van der Waals surface area (Å²) in [6.07, 6.45) is 1.51. The SMILES string of the molecule is CC1(C)OB(c2cnc(N3CCN(C(=O)[C@@H](O)CO)C[C@H]3C(=O)O)nc2)OC1(C)C. The Labute approximate surface area is 174 Å². The van der Waals surface area contributed by atoms with Crippen molar-refractivity contribution in [2.45, 2.75) is 51.0 Å². The predicted octanol–water partition coefficient (Wildman–Crippen LogP) is -1.77. The van der Waals surface area contributed by atoms with Gasteiger partial charge in [0.1, 0.15) is 6.04 Å². The Morgan fingerprint density at radius 3 is 2.27 bits per heavy atom. The van der Waals surface area contributed by atoms with Gasteiger partial charge in [-0.15, -0.1) is 0 Å². The Balaban J connectivity index is 1.74. The molecule has 2 atom stereocenters. The molecular weight excluding hydrogens is 395 g/mol. The topological polar surface area (TPSA) is 146 Å². The molecule has 30 heavy (non-hydrogen) atoms. The summed E-state index contributed by atoms with van der Waals surface area (Å²) >= 11 is 0. The van der Waals surface area contributed by atoms with Gasteiger partial charge in [-0.05, 0) is 27.7 Å². The number of aliphatic hydroxyl groups excluding tert-OH is 2. The molecule has 164 valence electrons. The molecule has 0 radical (unpaired) electrons. The summed E-state index contributed by atoms with van der Waals surface area (Å²) in [4.78, 5) is 35.2. The van der Waals surface area contributed by atoms with Gasteiger partial charge in [-0.2, -0.15) is 0 Å². The van der Waals surface area contributed by atoms with Crippen molar-refractivity contribution in [3.05, 3.63) is 12.4 Å². The van der Waals surface area contributed by atoms with Gasteiger partial charge in [0.25, 0.3) is 5.91 Å². The minimum atomic E-state index is -1.57. The number of carbonyl (C=O) groups excluding carboxylic acids is 1. The summed E-state index contributed by atoms with van der Waals surface area (Å²) in [7, 11) is -0.631. The number of piperazine rings is 1. The number of nitrogens with zero attached hydrogens (tertiary/aromatic N) is 4. The van der Waals surface area contributed by atoms with Gasteiger partial charge in [-0.1, -0.05) is 0 Å². The van der Waals surface area contributed by atoms with Gasteiger partial charge in [0.15, 0.2) is 6.10 Å². The molecule has 1 aromatic rings. The maximum atomic E-state index is 12.1. The number of carbonyl (C=O) groups is 2. The van der Waals surface area contributed by atoms with E-state index >= 15 is 0 Å². The highest BCUT2D eigenvalue weighted by Gasteiger charge is 2.52. The average Bonchev–Trinajstić information content (AvgIpc) is 2.93. The minimum absolute atomic E-state index is 0.159. The average molecular weight is 422 g/mol. The lowest BCUT2D eigenvalue weighted by atomic mass is 9.81. The number of hydrogen-bond acceptors (Lipinski definition) is 9. The normalized spacial score (nSPS) is 24.1. The number of aliphatic carboxylic acids is 1. The second-order valence-corrected chi connectivity index (χ2v) is 8.43. The Hall–Kier alpha value is -2.28. The van der Waals surface area contributed by atoms with Crippen LogP contribution < -0.4 is 10.4 Å². The van der Waals surface area contributed by atoms with Gasteiger partial charge in [0.2, 0.25) is 5.95 Å². The second kappa shape index (κ2) is 8.10. The highest BCUT2D eigenvalue weighted by atomic mass is 16.7. The maximum absolute atomic E-state index is 12.1. The van der Waals surface area contributed by atoms with Crippen LogP contribution in [0, 0.1) is 0 Å². The molecular formula is C18H27BN4O7. The van der Waals surface area contributed by atoms with Crippen molar-refractivity contribution in [2.75, 3.05) is 31.1 Å². The van der Waals surface area contributed by atoms with Crippen molar-refractivity contribution >= 4 is 30.4 Å². The van der Waals surface area contributed by atoms with E-state index in [2.05, 4.69) is 9.97 Å². The summed E-state index contributed by atoms with van der Waals surface area (Å²) in [5, 5.41) is 28.1. The van der Waals surface area contributed by atoms with E-state index < -0.39 is 48.9 Å². The van der Waals surface area contributed by atoms with Gasteiger partial charge in [0.05, 0.1) is 24.4 Å². The number of aliphatic hydroxyl groups is 2. The van der Waals surface area contributed by atoms with Gasteiger partial charge >= 0.3 is 13.1 Å². The zero-order valence-electron chi connectivity index (χ0n) is 17.5. The molecule has 3 heterocycles. The first-order chi connectivity index (χ1) is 14.0. The molecule has 1 aromatic heterocycles. The Bertz CT molecular complexity index is 788. The molecule has 3 N–H and O–H groups in total. The van der Waals surface area contributed by atoms with E-state index in [0.717, 1.165) is 0 Å². The lowest BCUT2D eigenvalue weighted by molar-refractivity contribution is -0.146. The third-order valence-corrected chi connectivity index (χ3v) is 5.88. The predicted molar refractivity (Wildman–Crippen MR) is 106 cm³/mol. The van der Waals surface area contributed by atoms with Gasteiger partial charge in [0, 0.05) is 30.9 Å². The first-order valence-electron chi connectivity index (χ1n) is 9.71. The zero-order valence-corrected chi connectivity index (χ0v) is 17.5. The quantitative estimate of drug-likeness (QED) is 0.466. The standard InChI is InChI=1S/C18H27BN4O7/c1-17(2)18(3,4)30-19(29-17)11-7-20-16(21-8-11)23-6-5-22(9-12(23)15(27)28)14(26)13(25)10-24/h7-8,12-13,24-25H,5-6,9-10H2,1-4H3,(H,27,28)/t12-,13-/m0/s1. The number of carboxylic acids is 1. The first-order valence-corrected chi connectivity index (χ1v) is 9.71. The Kier molecular flexibility index (Phi) is 6.05. The number of amides is 1. The van der Waals surface area contributed by atoms with Crippen molar-refractivity contribution in [2.24, 2.45) is 0 Å². The Morgan fingerprint density at radius 2 is 1.77 bits per heavy atom. The fourth-order valence-electron chi connectivity index (χ4n) is 3.30. The molecule has 0 aromatic carbocycles. The lowest BCUT2D eigenvalue weighted by Gasteiger charge is -2.39. The Morgan fingerprint density at radius 1 is 1.20 bits per heavy atom. The van der Waals surface area contributed by atoms with Gasteiger partial charge in [-0.25, -0.2) is 14.8 Å². The molecule has 2 saturated heterocycles. The van der Waals surface area contributed by atoms with Crippen LogP contribution in [-0.2, 0) is 18.9 Å². The van der Waals surface area contributed by atoms with Crippen LogP contribution in [0.1, 0.15) is 27.7 Å². The minimum Gasteiger partial charge on any atom is -0.480 e. The third kappa shape index (κ3) is 4.13. The van der Waals surface area contributed by atoms with E-state index in [1.807, 2.05) is 27.7 Å². The van der Waals surface area contributed by atoms with E-state index in [1.54, 1.807) is 0 Å². The van der Waals surface area contributed by atoms with Gasteiger partial charge < -0.3 is 34.4 Å². The number of carboxylic acid groups (broad SMARTS) is 1. The van der Waals surface area contributed by atoms with Crippen molar-refractivity contribution in [1.29, 1.82) is 0 Å². The monoisotopic (exact) mass is 422 g/mol. The molecule has 2 aliphatic rings. The molecule has 11 nitrogen and oxygen atoms in total. The van der Waals surface area contributed by atoms with Crippen LogP contribution in [0.2, 0.25) is 0 Å². The summed E-state index contributed by atoms with van der Waals surface area (Å²) < 4.78 is 11.9. The van der Waals surface area contributed by atoms with E-state index in [-0.39, 0.29) is 25.6 Å². The summed E-state index contributed by atoms with van der Waals surface area (Å²) in [5.41, 5.74) is -0.399. The fraction of sp³-hybridized carbons (Fsp3) is 0.667. The molecule has 0 bridgehead atoms. The maximum Gasteiger partial charge on any atom is 0.498 e. The lowest BCUT2D eigenvalue weighted by Crippen LogP contribution is -2.60. The number of anilines is 1. The van der Waals surface area contributed by atoms with Crippen molar-refractivity contribution in [1.82, 2.24) is 14.9 Å². The molecule has 2 aliphatic heterocycles. The second-order valence-electron chi connectivity index (χ2n) is 8.43.